The Morgan fingerprint density at radius 1 is 1.43 bits per heavy atom. The third-order valence-electron chi connectivity index (χ3n) is 2.63. The Kier molecular flexibility index (Phi) is 4.35. The minimum absolute atomic E-state index is 0.0189. The lowest BCUT2D eigenvalue weighted by atomic mass is 10.3. The van der Waals surface area contributed by atoms with Crippen LogP contribution in [0.1, 0.15) is 26.8 Å². The molecule has 2 aromatic rings. The van der Waals surface area contributed by atoms with Crippen LogP contribution in [-0.2, 0) is 16.6 Å². The van der Waals surface area contributed by atoms with Crippen LogP contribution in [0, 0.1) is 13.8 Å². The number of carboxylic acids is 1. The summed E-state index contributed by atoms with van der Waals surface area (Å²) >= 11 is 0.730. The van der Waals surface area contributed by atoms with Crippen molar-refractivity contribution in [1.82, 2.24) is 14.7 Å². The molecule has 0 unspecified atom stereocenters. The van der Waals surface area contributed by atoms with Crippen molar-refractivity contribution in [2.45, 2.75) is 24.6 Å². The monoisotopic (exact) mass is 327 g/mol. The molecule has 0 atom stereocenters. The van der Waals surface area contributed by atoms with Crippen LogP contribution in [0.4, 0.5) is 0 Å². The molecule has 0 aromatic carbocycles. The lowest BCUT2D eigenvalue weighted by Gasteiger charge is -2.04. The van der Waals surface area contributed by atoms with Crippen LogP contribution in [0.15, 0.2) is 22.5 Å². The van der Waals surface area contributed by atoms with Gasteiger partial charge in [-0.05, 0) is 31.5 Å². The first kappa shape index (κ1) is 15.5. The van der Waals surface area contributed by atoms with Crippen LogP contribution in [-0.4, -0.2) is 29.5 Å². The maximum atomic E-state index is 12.1. The highest BCUT2D eigenvalue weighted by molar-refractivity contribution is 7.91. The number of nitrogens with zero attached hydrogens (tertiary/aromatic N) is 2. The highest BCUT2D eigenvalue weighted by Gasteiger charge is 2.21. The van der Waals surface area contributed by atoms with Crippen molar-refractivity contribution in [2.75, 3.05) is 0 Å². The zero-order valence-corrected chi connectivity index (χ0v) is 13.0. The Balaban J connectivity index is 2.19. The van der Waals surface area contributed by atoms with Crippen LogP contribution >= 0.6 is 11.3 Å². The number of thiophene rings is 1. The van der Waals surface area contributed by atoms with Gasteiger partial charge in [0.15, 0.2) is 0 Å². The number of carboxylic acid groups (broad SMARTS) is 1. The largest absolute Gasteiger partial charge is 0.477 e. The topological polar surface area (TPSA) is 109 Å². The normalized spacial score (nSPS) is 11.5. The summed E-state index contributed by atoms with van der Waals surface area (Å²) in [4.78, 5) is 19.0. The van der Waals surface area contributed by atoms with Crippen molar-refractivity contribution in [2.24, 2.45) is 0 Å². The van der Waals surface area contributed by atoms with Gasteiger partial charge in [-0.25, -0.2) is 27.9 Å². The van der Waals surface area contributed by atoms with Gasteiger partial charge in [-0.3, -0.25) is 0 Å². The molecule has 2 heterocycles. The number of aryl methyl sites for hydroxylation is 2. The van der Waals surface area contributed by atoms with E-state index in [1.807, 2.05) is 0 Å². The summed E-state index contributed by atoms with van der Waals surface area (Å²) in [6.45, 7) is 3.29. The Morgan fingerprint density at radius 3 is 2.71 bits per heavy atom. The number of sulfonamides is 1. The number of aromatic carboxylic acids is 1. The Morgan fingerprint density at radius 2 is 2.14 bits per heavy atom. The van der Waals surface area contributed by atoms with Gasteiger partial charge >= 0.3 is 5.97 Å². The maximum Gasteiger partial charge on any atom is 0.346 e. The van der Waals surface area contributed by atoms with Gasteiger partial charge in [0, 0.05) is 6.20 Å². The molecule has 0 aliphatic rings. The first-order valence-corrected chi connectivity index (χ1v) is 8.21. The number of rotatable bonds is 5. The number of aromatic nitrogens is 2. The second-order valence-electron chi connectivity index (χ2n) is 4.30. The van der Waals surface area contributed by atoms with E-state index in [4.69, 9.17) is 5.11 Å². The standard InChI is InChI=1S/C12H13N3O4S2/c1-7-5-10(20-11(7)12(16)17)21(18,19)14-6-9-3-4-13-8(2)15-9/h3-5,14H,6H2,1-2H3,(H,16,17). The average molecular weight is 327 g/mol. The molecule has 2 N–H and O–H groups in total. The maximum absolute atomic E-state index is 12.1. The quantitative estimate of drug-likeness (QED) is 0.857. The minimum Gasteiger partial charge on any atom is -0.477 e. The van der Waals surface area contributed by atoms with Crippen LogP contribution in [0.2, 0.25) is 0 Å². The van der Waals surface area contributed by atoms with E-state index in [1.165, 1.54) is 6.07 Å². The summed E-state index contributed by atoms with van der Waals surface area (Å²) in [5.74, 6) is -0.586. The van der Waals surface area contributed by atoms with Gasteiger partial charge in [0.25, 0.3) is 0 Å². The van der Waals surface area contributed by atoms with Gasteiger partial charge in [0.2, 0.25) is 10.0 Å². The first-order chi connectivity index (χ1) is 9.79. The van der Waals surface area contributed by atoms with Crippen molar-refractivity contribution in [3.05, 3.63) is 40.3 Å². The minimum atomic E-state index is -3.76. The molecule has 0 aliphatic heterocycles. The summed E-state index contributed by atoms with van der Waals surface area (Å²) < 4.78 is 26.7. The van der Waals surface area contributed by atoms with Gasteiger partial charge in [-0.15, -0.1) is 11.3 Å². The van der Waals surface area contributed by atoms with E-state index in [9.17, 15) is 13.2 Å². The smallest absolute Gasteiger partial charge is 0.346 e. The van der Waals surface area contributed by atoms with Crippen molar-refractivity contribution >= 4 is 27.3 Å². The molecule has 112 valence electrons. The fourth-order valence-electron chi connectivity index (χ4n) is 1.64. The molecule has 0 fully saturated rings. The molecule has 0 aliphatic carbocycles. The highest BCUT2D eigenvalue weighted by Crippen LogP contribution is 2.25. The predicted octanol–water partition coefficient (Wildman–Crippen LogP) is 1.33. The van der Waals surface area contributed by atoms with E-state index in [1.54, 1.807) is 26.1 Å². The third-order valence-corrected chi connectivity index (χ3v) is 5.73. The molecule has 21 heavy (non-hydrogen) atoms. The first-order valence-electron chi connectivity index (χ1n) is 5.91. The lowest BCUT2D eigenvalue weighted by molar-refractivity contribution is 0.0701. The van der Waals surface area contributed by atoms with Crippen molar-refractivity contribution < 1.29 is 18.3 Å². The number of nitrogens with one attached hydrogen (secondary N) is 1. The third kappa shape index (κ3) is 3.63. The average Bonchev–Trinajstić information content (AvgIpc) is 2.80. The molecule has 0 saturated carbocycles. The highest BCUT2D eigenvalue weighted by atomic mass is 32.2. The number of hydrogen-bond acceptors (Lipinski definition) is 6. The van der Waals surface area contributed by atoms with Crippen LogP contribution in [0.3, 0.4) is 0 Å². The predicted molar refractivity (Wildman–Crippen MR) is 76.8 cm³/mol. The van der Waals surface area contributed by atoms with Gasteiger partial charge in [0.1, 0.15) is 14.9 Å². The van der Waals surface area contributed by atoms with Crippen molar-refractivity contribution in [3.63, 3.8) is 0 Å². The molecule has 7 nitrogen and oxygen atoms in total. The Labute approximate surface area is 125 Å². The van der Waals surface area contributed by atoms with Crippen LogP contribution in [0.25, 0.3) is 0 Å². The molecule has 0 saturated heterocycles. The summed E-state index contributed by atoms with van der Waals surface area (Å²) in [5.41, 5.74) is 0.962. The summed E-state index contributed by atoms with van der Waals surface area (Å²) in [5, 5.41) is 8.96. The van der Waals surface area contributed by atoms with E-state index in [2.05, 4.69) is 14.7 Å². The molecule has 2 rings (SSSR count). The van der Waals surface area contributed by atoms with Crippen LogP contribution in [0.5, 0.6) is 0 Å². The molecule has 2 aromatic heterocycles. The fourth-order valence-corrected chi connectivity index (χ4v) is 4.06. The number of carbonyl (C=O) groups is 1. The SMILES string of the molecule is Cc1nccc(CNS(=O)(=O)c2cc(C)c(C(=O)O)s2)n1. The number of hydrogen-bond donors (Lipinski definition) is 2. The molecule has 0 bridgehead atoms. The van der Waals surface area contributed by atoms with Gasteiger partial charge in [-0.1, -0.05) is 0 Å². The van der Waals surface area contributed by atoms with Crippen molar-refractivity contribution in [1.29, 1.82) is 0 Å². The second-order valence-corrected chi connectivity index (χ2v) is 7.35. The van der Waals surface area contributed by atoms with Gasteiger partial charge < -0.3 is 5.11 Å². The molecule has 0 radical (unpaired) electrons. The van der Waals surface area contributed by atoms with Crippen LogP contribution < -0.4 is 4.72 Å². The zero-order chi connectivity index (χ0) is 15.6. The summed E-state index contributed by atoms with van der Waals surface area (Å²) in [6, 6.07) is 2.96. The lowest BCUT2D eigenvalue weighted by Crippen LogP contribution is -2.23. The molecule has 0 spiro atoms. The fraction of sp³-hybridized carbons (Fsp3) is 0.250. The molecular formula is C12H13N3O4S2. The van der Waals surface area contributed by atoms with E-state index < -0.39 is 16.0 Å². The Hall–Kier alpha value is -1.84. The summed E-state index contributed by atoms with van der Waals surface area (Å²) in [7, 11) is -3.76. The molecule has 9 heteroatoms. The van der Waals surface area contributed by atoms with E-state index >= 15 is 0 Å². The zero-order valence-electron chi connectivity index (χ0n) is 11.3. The second kappa shape index (κ2) is 5.88. The van der Waals surface area contributed by atoms with Crippen molar-refractivity contribution in [3.8, 4) is 0 Å². The van der Waals surface area contributed by atoms with E-state index in [0.717, 1.165) is 11.3 Å². The Bertz CT molecular complexity index is 784. The van der Waals surface area contributed by atoms with E-state index in [0.29, 0.717) is 17.1 Å². The molecular weight excluding hydrogens is 314 g/mol. The van der Waals surface area contributed by atoms with Gasteiger partial charge in [0.05, 0.1) is 12.2 Å². The molecule has 0 amide bonds. The summed E-state index contributed by atoms with van der Waals surface area (Å²) in [6.07, 6.45) is 1.55. The van der Waals surface area contributed by atoms with Gasteiger partial charge in [-0.2, -0.15) is 0 Å². The van der Waals surface area contributed by atoms with E-state index in [-0.39, 0.29) is 15.6 Å².